The normalized spacial score (nSPS) is 28.7. The lowest BCUT2D eigenvalue weighted by molar-refractivity contribution is -0.292. The van der Waals surface area contributed by atoms with Crippen LogP contribution in [-0.2, 0) is 23.8 Å². The number of hydrogen-bond donors (Lipinski definition) is 4. The molecule has 5 atom stereocenters. The smallest absolute Gasteiger partial charge is 0.331 e. The highest BCUT2D eigenvalue weighted by atomic mass is 16.7. The van der Waals surface area contributed by atoms with Gasteiger partial charge in [0.25, 0.3) is 0 Å². The number of aliphatic hydroxyl groups is 3. The Bertz CT molecular complexity index is 655. The van der Waals surface area contributed by atoms with E-state index in [-0.39, 0.29) is 5.75 Å². The summed E-state index contributed by atoms with van der Waals surface area (Å²) in [5.41, 5.74) is 0.608. The molecule has 1 aromatic carbocycles. The minimum atomic E-state index is -1.70. The van der Waals surface area contributed by atoms with E-state index in [1.54, 1.807) is 12.1 Å². The Morgan fingerprint density at radius 3 is 2.38 bits per heavy atom. The van der Waals surface area contributed by atoms with Gasteiger partial charge in [0.1, 0.15) is 18.0 Å². The van der Waals surface area contributed by atoms with Crippen molar-refractivity contribution in [3.05, 3.63) is 35.9 Å². The fourth-order valence-electron chi connectivity index (χ4n) is 2.43. The van der Waals surface area contributed by atoms with E-state index in [0.29, 0.717) is 5.56 Å². The first-order chi connectivity index (χ1) is 12.3. The Hall–Kier alpha value is -2.46. The van der Waals surface area contributed by atoms with Crippen molar-refractivity contribution in [1.29, 1.82) is 0 Å². The molecule has 1 heterocycles. The summed E-state index contributed by atoms with van der Waals surface area (Å²) in [6, 6.07) is 6.00. The summed E-state index contributed by atoms with van der Waals surface area (Å²) in [6.07, 6.45) is -4.80. The minimum absolute atomic E-state index is 0.0730. The molecular formula is C17H20O9. The maximum Gasteiger partial charge on any atom is 0.331 e. The monoisotopic (exact) mass is 368 g/mol. The molecule has 1 fully saturated rings. The molecule has 0 aliphatic carbocycles. The van der Waals surface area contributed by atoms with Gasteiger partial charge in [0.15, 0.2) is 18.5 Å². The van der Waals surface area contributed by atoms with E-state index in [1.807, 2.05) is 0 Å². The number of phenols is 1. The lowest BCUT2D eigenvalue weighted by Crippen LogP contribution is -2.61. The molecule has 0 spiro atoms. The first-order valence-corrected chi connectivity index (χ1v) is 7.79. The van der Waals surface area contributed by atoms with Crippen LogP contribution in [0, 0.1) is 0 Å². The summed E-state index contributed by atoms with van der Waals surface area (Å²) in [5.74, 6) is -1.57. The van der Waals surface area contributed by atoms with Crippen LogP contribution in [-0.4, -0.2) is 69.7 Å². The summed E-state index contributed by atoms with van der Waals surface area (Å²) in [7, 11) is 0. The van der Waals surface area contributed by atoms with Crippen LogP contribution in [0.25, 0.3) is 6.08 Å². The van der Waals surface area contributed by atoms with Gasteiger partial charge in [-0.05, 0) is 23.8 Å². The van der Waals surface area contributed by atoms with Crippen molar-refractivity contribution < 1.29 is 44.2 Å². The van der Waals surface area contributed by atoms with Crippen LogP contribution in [0.15, 0.2) is 30.3 Å². The van der Waals surface area contributed by atoms with Gasteiger partial charge < -0.3 is 34.6 Å². The molecule has 0 radical (unpaired) electrons. The predicted molar refractivity (Wildman–Crippen MR) is 86.5 cm³/mol. The Morgan fingerprint density at radius 2 is 1.81 bits per heavy atom. The zero-order valence-corrected chi connectivity index (χ0v) is 13.9. The van der Waals surface area contributed by atoms with Crippen molar-refractivity contribution in [2.24, 2.45) is 0 Å². The number of esters is 2. The second kappa shape index (κ2) is 8.77. The van der Waals surface area contributed by atoms with E-state index in [9.17, 15) is 24.9 Å². The number of carbonyl (C=O) groups excluding carboxylic acids is 2. The standard InChI is InChI=1S/C17H20O9/c1-9(19)24-15-14(22)12(8-18)25-17(23)16(15)26-13(21)7-4-10-2-5-11(20)6-3-10/h2-7,12,14-18,20,22-23H,8H2,1H3. The molecule has 2 rings (SSSR count). The van der Waals surface area contributed by atoms with Gasteiger partial charge in [-0.3, -0.25) is 4.79 Å². The number of aliphatic hydroxyl groups excluding tert-OH is 3. The molecule has 4 N–H and O–H groups in total. The predicted octanol–water partition coefficient (Wildman–Crippen LogP) is -0.681. The molecule has 1 aliphatic rings. The molecule has 1 aliphatic heterocycles. The second-order valence-corrected chi connectivity index (χ2v) is 5.64. The van der Waals surface area contributed by atoms with E-state index in [4.69, 9.17) is 19.3 Å². The van der Waals surface area contributed by atoms with Gasteiger partial charge in [0.2, 0.25) is 0 Å². The molecule has 26 heavy (non-hydrogen) atoms. The SMILES string of the molecule is CC(=O)OC1C(O)C(CO)OC(O)C1OC(=O)C=Cc1ccc(O)cc1. The topological polar surface area (TPSA) is 143 Å². The molecule has 0 aromatic heterocycles. The molecule has 1 aromatic rings. The summed E-state index contributed by atoms with van der Waals surface area (Å²) < 4.78 is 15.0. The van der Waals surface area contributed by atoms with Crippen molar-refractivity contribution in [2.75, 3.05) is 6.61 Å². The van der Waals surface area contributed by atoms with Crippen LogP contribution in [0.4, 0.5) is 0 Å². The first-order valence-electron chi connectivity index (χ1n) is 7.79. The lowest BCUT2D eigenvalue weighted by atomic mass is 9.99. The number of rotatable bonds is 5. The molecule has 5 unspecified atom stereocenters. The zero-order valence-electron chi connectivity index (χ0n) is 13.9. The second-order valence-electron chi connectivity index (χ2n) is 5.64. The van der Waals surface area contributed by atoms with Crippen molar-refractivity contribution >= 4 is 18.0 Å². The van der Waals surface area contributed by atoms with Gasteiger partial charge >= 0.3 is 11.9 Å². The quantitative estimate of drug-likeness (QED) is 0.392. The number of benzene rings is 1. The third kappa shape index (κ3) is 5.02. The summed E-state index contributed by atoms with van der Waals surface area (Å²) >= 11 is 0. The summed E-state index contributed by atoms with van der Waals surface area (Å²) in [4.78, 5) is 23.2. The summed E-state index contributed by atoms with van der Waals surface area (Å²) in [5, 5.41) is 38.4. The fraction of sp³-hybridized carbons (Fsp3) is 0.412. The van der Waals surface area contributed by atoms with Crippen molar-refractivity contribution in [2.45, 2.75) is 37.6 Å². The molecule has 9 nitrogen and oxygen atoms in total. The molecule has 0 saturated carbocycles. The van der Waals surface area contributed by atoms with Crippen LogP contribution in [0.2, 0.25) is 0 Å². The lowest BCUT2D eigenvalue weighted by Gasteiger charge is -2.40. The Labute approximate surface area is 149 Å². The van der Waals surface area contributed by atoms with Crippen LogP contribution >= 0.6 is 0 Å². The fourth-order valence-corrected chi connectivity index (χ4v) is 2.43. The van der Waals surface area contributed by atoms with Crippen LogP contribution in [0.1, 0.15) is 12.5 Å². The van der Waals surface area contributed by atoms with Gasteiger partial charge in [0.05, 0.1) is 6.61 Å². The van der Waals surface area contributed by atoms with Gasteiger partial charge in [0, 0.05) is 13.0 Å². The molecule has 9 heteroatoms. The average molecular weight is 368 g/mol. The highest BCUT2D eigenvalue weighted by molar-refractivity contribution is 5.87. The van der Waals surface area contributed by atoms with Gasteiger partial charge in [-0.25, -0.2) is 4.79 Å². The van der Waals surface area contributed by atoms with Crippen LogP contribution in [0.3, 0.4) is 0 Å². The van der Waals surface area contributed by atoms with E-state index < -0.39 is 49.3 Å². The highest BCUT2D eigenvalue weighted by Gasteiger charge is 2.48. The third-order valence-electron chi connectivity index (χ3n) is 3.68. The minimum Gasteiger partial charge on any atom is -0.508 e. The number of hydrogen-bond acceptors (Lipinski definition) is 9. The average Bonchev–Trinajstić information content (AvgIpc) is 2.60. The van der Waals surface area contributed by atoms with E-state index in [2.05, 4.69) is 0 Å². The van der Waals surface area contributed by atoms with Gasteiger partial charge in [-0.2, -0.15) is 0 Å². The highest BCUT2D eigenvalue weighted by Crippen LogP contribution is 2.25. The molecule has 0 amide bonds. The number of phenolic OH excluding ortho intramolecular Hbond substituents is 1. The Balaban J connectivity index is 2.09. The maximum absolute atomic E-state index is 12.0. The van der Waals surface area contributed by atoms with Crippen molar-refractivity contribution in [1.82, 2.24) is 0 Å². The van der Waals surface area contributed by atoms with Crippen molar-refractivity contribution in [3.8, 4) is 5.75 Å². The number of aromatic hydroxyl groups is 1. The van der Waals surface area contributed by atoms with Gasteiger partial charge in [-0.15, -0.1) is 0 Å². The Kier molecular flexibility index (Phi) is 6.70. The molecule has 0 bridgehead atoms. The van der Waals surface area contributed by atoms with Crippen LogP contribution < -0.4 is 0 Å². The van der Waals surface area contributed by atoms with Gasteiger partial charge in [-0.1, -0.05) is 12.1 Å². The molecule has 142 valence electrons. The number of carbonyl (C=O) groups is 2. The first kappa shape index (κ1) is 19.9. The largest absolute Gasteiger partial charge is 0.508 e. The summed E-state index contributed by atoms with van der Waals surface area (Å²) in [6.45, 7) is 0.462. The Morgan fingerprint density at radius 1 is 1.15 bits per heavy atom. The van der Waals surface area contributed by atoms with Crippen LogP contribution in [0.5, 0.6) is 5.75 Å². The molecular weight excluding hydrogens is 348 g/mol. The van der Waals surface area contributed by atoms with E-state index in [1.165, 1.54) is 18.2 Å². The molecule has 1 saturated heterocycles. The zero-order chi connectivity index (χ0) is 19.3. The third-order valence-corrected chi connectivity index (χ3v) is 3.68. The van der Waals surface area contributed by atoms with E-state index in [0.717, 1.165) is 13.0 Å². The maximum atomic E-state index is 12.0. The van der Waals surface area contributed by atoms with E-state index >= 15 is 0 Å². The number of ether oxygens (including phenoxy) is 3. The van der Waals surface area contributed by atoms with Crippen molar-refractivity contribution in [3.63, 3.8) is 0 Å².